The number of aromatic nitrogens is 4. The zero-order valence-corrected chi connectivity index (χ0v) is 12.1. The topological polar surface area (TPSA) is 43.1 Å². The molecule has 0 aliphatic heterocycles. The largest absolute Gasteiger partial charge is 0.453 e. The molecule has 4 nitrogen and oxygen atoms in total. The van der Waals surface area contributed by atoms with Crippen LogP contribution in [0.3, 0.4) is 0 Å². The van der Waals surface area contributed by atoms with E-state index in [0.29, 0.717) is 10.3 Å². The summed E-state index contributed by atoms with van der Waals surface area (Å²) in [5.74, 6) is -1.10. The molecular formula is C11H6BrF3N4S. The van der Waals surface area contributed by atoms with Crippen LogP contribution in [-0.4, -0.2) is 19.8 Å². The molecule has 0 aliphatic carbocycles. The van der Waals surface area contributed by atoms with Crippen molar-refractivity contribution in [2.75, 3.05) is 0 Å². The fourth-order valence-corrected chi connectivity index (χ4v) is 2.88. The molecule has 2 heterocycles. The van der Waals surface area contributed by atoms with E-state index < -0.39 is 12.0 Å². The molecule has 2 aromatic heterocycles. The highest BCUT2D eigenvalue weighted by atomic mass is 79.9. The average molecular weight is 363 g/mol. The first-order valence-electron chi connectivity index (χ1n) is 5.44. The Bertz CT molecular complexity index is 764. The van der Waals surface area contributed by atoms with E-state index in [1.165, 1.54) is 0 Å². The van der Waals surface area contributed by atoms with E-state index in [1.54, 1.807) is 6.07 Å². The Morgan fingerprint density at radius 3 is 2.75 bits per heavy atom. The molecule has 9 heteroatoms. The van der Waals surface area contributed by atoms with E-state index in [9.17, 15) is 13.2 Å². The molecule has 0 spiro atoms. The number of fused-ring (bicyclic) bond motifs is 1. The SMILES string of the molecule is FC(F)(F)c1nnc2sc(-c3cccc(CBr)c3)nn12. The van der Waals surface area contributed by atoms with Gasteiger partial charge in [0.2, 0.25) is 4.96 Å². The molecular weight excluding hydrogens is 357 g/mol. The van der Waals surface area contributed by atoms with Crippen LogP contribution in [0.25, 0.3) is 15.5 Å². The second kappa shape index (κ2) is 4.81. The molecule has 0 unspecified atom stereocenters. The van der Waals surface area contributed by atoms with Gasteiger partial charge in [-0.25, -0.2) is 0 Å². The van der Waals surface area contributed by atoms with Crippen molar-refractivity contribution in [1.82, 2.24) is 19.8 Å². The Labute approximate surface area is 123 Å². The molecule has 0 N–H and O–H groups in total. The Hall–Kier alpha value is -1.48. The highest BCUT2D eigenvalue weighted by molar-refractivity contribution is 9.08. The fourth-order valence-electron chi connectivity index (χ4n) is 1.70. The van der Waals surface area contributed by atoms with Crippen LogP contribution in [0, 0.1) is 0 Å². The summed E-state index contributed by atoms with van der Waals surface area (Å²) in [5.41, 5.74) is 1.77. The van der Waals surface area contributed by atoms with E-state index in [-0.39, 0.29) is 4.96 Å². The van der Waals surface area contributed by atoms with Crippen LogP contribution in [0.2, 0.25) is 0 Å². The Morgan fingerprint density at radius 2 is 2.05 bits per heavy atom. The molecule has 1 aromatic carbocycles. The van der Waals surface area contributed by atoms with Crippen molar-refractivity contribution in [3.05, 3.63) is 35.7 Å². The van der Waals surface area contributed by atoms with Gasteiger partial charge in [-0.2, -0.15) is 22.8 Å². The zero-order valence-electron chi connectivity index (χ0n) is 9.73. The summed E-state index contributed by atoms with van der Waals surface area (Å²) in [6.45, 7) is 0. The summed E-state index contributed by atoms with van der Waals surface area (Å²) in [6, 6.07) is 7.41. The summed E-state index contributed by atoms with van der Waals surface area (Å²) in [6.07, 6.45) is -4.57. The lowest BCUT2D eigenvalue weighted by molar-refractivity contribution is -0.146. The lowest BCUT2D eigenvalue weighted by atomic mass is 10.1. The molecule has 0 radical (unpaired) electrons. The van der Waals surface area contributed by atoms with Gasteiger partial charge in [-0.05, 0) is 11.6 Å². The Balaban J connectivity index is 2.11. The molecule has 0 saturated carbocycles. The third-order valence-corrected chi connectivity index (χ3v) is 4.17. The van der Waals surface area contributed by atoms with Crippen LogP contribution in [-0.2, 0) is 11.5 Å². The number of halogens is 4. The minimum Gasteiger partial charge on any atom is -0.178 e. The predicted octanol–water partition coefficient (Wildman–Crippen LogP) is 3.77. The van der Waals surface area contributed by atoms with Gasteiger partial charge in [-0.3, -0.25) is 0 Å². The van der Waals surface area contributed by atoms with Crippen molar-refractivity contribution < 1.29 is 13.2 Å². The minimum atomic E-state index is -4.57. The number of benzene rings is 1. The normalized spacial score (nSPS) is 12.2. The minimum absolute atomic E-state index is 0.122. The molecule has 0 atom stereocenters. The quantitative estimate of drug-likeness (QED) is 0.651. The molecule has 0 fully saturated rings. The first-order valence-corrected chi connectivity index (χ1v) is 7.37. The maximum Gasteiger partial charge on any atom is 0.453 e. The summed E-state index contributed by atoms with van der Waals surface area (Å²) in [7, 11) is 0. The van der Waals surface area contributed by atoms with Crippen molar-refractivity contribution in [2.24, 2.45) is 0 Å². The van der Waals surface area contributed by atoms with Crippen LogP contribution in [0.5, 0.6) is 0 Å². The first kappa shape index (κ1) is 13.5. The maximum atomic E-state index is 12.7. The van der Waals surface area contributed by atoms with Gasteiger partial charge >= 0.3 is 6.18 Å². The third-order valence-electron chi connectivity index (χ3n) is 2.57. The van der Waals surface area contributed by atoms with Crippen LogP contribution in [0.15, 0.2) is 24.3 Å². The second-order valence-corrected chi connectivity index (χ2v) is 5.47. The average Bonchev–Trinajstić information content (AvgIpc) is 2.97. The second-order valence-electron chi connectivity index (χ2n) is 3.96. The van der Waals surface area contributed by atoms with Crippen LogP contribution in [0.4, 0.5) is 13.2 Å². The monoisotopic (exact) mass is 362 g/mol. The van der Waals surface area contributed by atoms with Gasteiger partial charge in [0, 0.05) is 10.9 Å². The number of rotatable bonds is 2. The smallest absolute Gasteiger partial charge is 0.178 e. The van der Waals surface area contributed by atoms with Crippen molar-refractivity contribution >= 4 is 32.2 Å². The summed E-state index contributed by atoms with van der Waals surface area (Å²) in [5, 5.41) is 11.7. The Kier molecular flexibility index (Phi) is 3.25. The van der Waals surface area contributed by atoms with Gasteiger partial charge in [0.1, 0.15) is 5.01 Å². The molecule has 3 rings (SSSR count). The lowest BCUT2D eigenvalue weighted by Gasteiger charge is -2.01. The van der Waals surface area contributed by atoms with E-state index in [1.807, 2.05) is 18.2 Å². The van der Waals surface area contributed by atoms with Gasteiger partial charge in [0.25, 0.3) is 5.82 Å². The Morgan fingerprint density at radius 1 is 1.25 bits per heavy atom. The van der Waals surface area contributed by atoms with E-state index in [4.69, 9.17) is 0 Å². The summed E-state index contributed by atoms with van der Waals surface area (Å²) < 4.78 is 38.9. The van der Waals surface area contributed by atoms with Crippen LogP contribution < -0.4 is 0 Å². The molecule has 0 bridgehead atoms. The standard InChI is InChI=1S/C11H6BrF3N4S/c12-5-6-2-1-3-7(4-6)8-18-19-9(11(13,14)15)16-17-10(19)20-8/h1-4H,5H2. The molecule has 3 aromatic rings. The van der Waals surface area contributed by atoms with Crippen molar-refractivity contribution in [1.29, 1.82) is 0 Å². The molecule has 104 valence electrons. The van der Waals surface area contributed by atoms with Gasteiger partial charge in [0.15, 0.2) is 0 Å². The third kappa shape index (κ3) is 2.31. The maximum absolute atomic E-state index is 12.7. The van der Waals surface area contributed by atoms with Crippen LogP contribution >= 0.6 is 27.3 Å². The van der Waals surface area contributed by atoms with E-state index in [2.05, 4.69) is 31.2 Å². The van der Waals surface area contributed by atoms with E-state index >= 15 is 0 Å². The fraction of sp³-hybridized carbons (Fsp3) is 0.182. The number of hydrogen-bond donors (Lipinski definition) is 0. The number of alkyl halides is 4. The molecule has 0 amide bonds. The molecule has 20 heavy (non-hydrogen) atoms. The van der Waals surface area contributed by atoms with Crippen molar-refractivity contribution in [3.8, 4) is 10.6 Å². The van der Waals surface area contributed by atoms with E-state index in [0.717, 1.165) is 27.0 Å². The van der Waals surface area contributed by atoms with Crippen molar-refractivity contribution in [3.63, 3.8) is 0 Å². The summed E-state index contributed by atoms with van der Waals surface area (Å²) in [4.78, 5) is 0.122. The summed E-state index contributed by atoms with van der Waals surface area (Å²) >= 11 is 4.41. The highest BCUT2D eigenvalue weighted by Crippen LogP contribution is 2.31. The van der Waals surface area contributed by atoms with Gasteiger partial charge in [-0.15, -0.1) is 10.2 Å². The highest BCUT2D eigenvalue weighted by Gasteiger charge is 2.38. The van der Waals surface area contributed by atoms with Crippen LogP contribution in [0.1, 0.15) is 11.4 Å². The van der Waals surface area contributed by atoms with Gasteiger partial charge < -0.3 is 0 Å². The molecule has 0 saturated heterocycles. The van der Waals surface area contributed by atoms with Gasteiger partial charge in [0.05, 0.1) is 0 Å². The first-order chi connectivity index (χ1) is 9.49. The van der Waals surface area contributed by atoms with Gasteiger partial charge in [-0.1, -0.05) is 45.5 Å². The predicted molar refractivity (Wildman–Crippen MR) is 71.7 cm³/mol. The van der Waals surface area contributed by atoms with Crippen molar-refractivity contribution in [2.45, 2.75) is 11.5 Å². The molecule has 0 aliphatic rings. The zero-order chi connectivity index (χ0) is 14.3. The lowest BCUT2D eigenvalue weighted by Crippen LogP contribution is -2.11. The number of nitrogens with zero attached hydrogens (tertiary/aromatic N) is 4. The number of hydrogen-bond acceptors (Lipinski definition) is 4.